The molecule has 1 aromatic carbocycles. The molecule has 2 heterocycles. The van der Waals surface area contributed by atoms with Gasteiger partial charge in [-0.1, -0.05) is 12.1 Å². The van der Waals surface area contributed by atoms with Crippen molar-refractivity contribution >= 4 is 17.2 Å². The largest absolute Gasteiger partial charge is 0.465 e. The predicted molar refractivity (Wildman–Crippen MR) is 80.3 cm³/mol. The fourth-order valence-corrected chi connectivity index (χ4v) is 2.19. The molecule has 2 aromatic heterocycles. The molecule has 3 aromatic rings. The van der Waals surface area contributed by atoms with E-state index in [2.05, 4.69) is 10.4 Å². The highest BCUT2D eigenvalue weighted by Gasteiger charge is 2.06. The summed E-state index contributed by atoms with van der Waals surface area (Å²) in [4.78, 5) is 11.5. The molecule has 0 unspecified atom stereocenters. The topological polar surface area (TPSA) is 55.6 Å². The summed E-state index contributed by atoms with van der Waals surface area (Å²) in [5.74, 6) is -0.338. The van der Waals surface area contributed by atoms with Gasteiger partial charge in [0, 0.05) is 24.0 Å². The summed E-state index contributed by atoms with van der Waals surface area (Å²) in [6.45, 7) is 0.637. The molecular weight excluding hydrogens is 266 g/mol. The molecule has 0 aliphatic heterocycles. The van der Waals surface area contributed by atoms with Gasteiger partial charge in [0.15, 0.2) is 0 Å². The monoisotopic (exact) mass is 281 g/mol. The highest BCUT2D eigenvalue weighted by Crippen LogP contribution is 2.15. The zero-order valence-electron chi connectivity index (χ0n) is 11.6. The minimum Gasteiger partial charge on any atom is -0.465 e. The quantitative estimate of drug-likeness (QED) is 0.747. The van der Waals surface area contributed by atoms with Crippen molar-refractivity contribution in [2.75, 3.05) is 12.4 Å². The number of carbonyl (C=O) groups is 1. The van der Waals surface area contributed by atoms with E-state index in [0.717, 1.165) is 16.8 Å². The van der Waals surface area contributed by atoms with Gasteiger partial charge in [0.25, 0.3) is 0 Å². The fourth-order valence-electron chi connectivity index (χ4n) is 2.19. The van der Waals surface area contributed by atoms with Gasteiger partial charge < -0.3 is 10.1 Å². The Morgan fingerprint density at radius 1 is 1.29 bits per heavy atom. The van der Waals surface area contributed by atoms with Crippen molar-refractivity contribution in [3.05, 3.63) is 66.0 Å². The Kier molecular flexibility index (Phi) is 3.55. The number of nitrogens with one attached hydrogen (secondary N) is 1. The van der Waals surface area contributed by atoms with E-state index < -0.39 is 0 Å². The van der Waals surface area contributed by atoms with Crippen LogP contribution in [0.5, 0.6) is 0 Å². The first-order valence-electron chi connectivity index (χ1n) is 6.61. The number of methoxy groups -OCH3 is 1. The van der Waals surface area contributed by atoms with Crippen LogP contribution in [0.2, 0.25) is 0 Å². The van der Waals surface area contributed by atoms with Crippen LogP contribution in [0, 0.1) is 0 Å². The van der Waals surface area contributed by atoms with Crippen molar-refractivity contribution in [2.45, 2.75) is 6.54 Å². The van der Waals surface area contributed by atoms with Gasteiger partial charge >= 0.3 is 5.97 Å². The Labute approximate surface area is 122 Å². The number of carbonyl (C=O) groups excluding carboxylic acids is 1. The number of rotatable bonds is 4. The second kappa shape index (κ2) is 5.66. The van der Waals surface area contributed by atoms with E-state index in [-0.39, 0.29) is 5.97 Å². The number of esters is 1. The van der Waals surface area contributed by atoms with Crippen molar-refractivity contribution < 1.29 is 9.53 Å². The summed E-state index contributed by atoms with van der Waals surface area (Å²) in [5, 5.41) is 7.59. The van der Waals surface area contributed by atoms with E-state index in [0.29, 0.717) is 12.1 Å². The van der Waals surface area contributed by atoms with Crippen LogP contribution in [0.4, 0.5) is 5.69 Å². The van der Waals surface area contributed by atoms with Gasteiger partial charge in [-0.25, -0.2) is 9.31 Å². The van der Waals surface area contributed by atoms with Crippen molar-refractivity contribution in [2.24, 2.45) is 0 Å². The summed E-state index contributed by atoms with van der Waals surface area (Å²) in [6, 6.07) is 13.2. The van der Waals surface area contributed by atoms with Crippen LogP contribution in [-0.4, -0.2) is 22.7 Å². The molecule has 0 saturated heterocycles. The SMILES string of the molecule is COC(=O)c1cccc(NCc2cnn3ccccc23)c1. The predicted octanol–water partition coefficient (Wildman–Crippen LogP) is 2.73. The Bertz CT molecular complexity index is 780. The molecule has 0 amide bonds. The number of anilines is 1. The van der Waals surface area contributed by atoms with Gasteiger partial charge in [-0.2, -0.15) is 5.10 Å². The van der Waals surface area contributed by atoms with Crippen LogP contribution in [-0.2, 0) is 11.3 Å². The maximum atomic E-state index is 11.5. The zero-order valence-corrected chi connectivity index (χ0v) is 11.6. The van der Waals surface area contributed by atoms with E-state index in [1.165, 1.54) is 7.11 Å². The summed E-state index contributed by atoms with van der Waals surface area (Å²) in [5.41, 5.74) is 3.56. The van der Waals surface area contributed by atoms with E-state index in [9.17, 15) is 4.79 Å². The number of ether oxygens (including phenoxy) is 1. The average Bonchev–Trinajstić information content (AvgIpc) is 2.95. The minimum atomic E-state index is -0.338. The highest BCUT2D eigenvalue weighted by molar-refractivity contribution is 5.90. The Morgan fingerprint density at radius 3 is 3.05 bits per heavy atom. The summed E-state index contributed by atoms with van der Waals surface area (Å²) in [6.07, 6.45) is 3.75. The lowest BCUT2D eigenvalue weighted by molar-refractivity contribution is 0.0601. The molecule has 0 saturated carbocycles. The fraction of sp³-hybridized carbons (Fsp3) is 0.125. The molecule has 3 rings (SSSR count). The molecule has 0 spiro atoms. The van der Waals surface area contributed by atoms with Crippen molar-refractivity contribution in [1.29, 1.82) is 0 Å². The normalized spacial score (nSPS) is 10.5. The average molecular weight is 281 g/mol. The number of hydrogen-bond donors (Lipinski definition) is 1. The van der Waals surface area contributed by atoms with Crippen LogP contribution in [0.1, 0.15) is 15.9 Å². The molecule has 0 bridgehead atoms. The number of fused-ring (bicyclic) bond motifs is 1. The lowest BCUT2D eigenvalue weighted by Gasteiger charge is -2.07. The van der Waals surface area contributed by atoms with Gasteiger partial charge in [-0.15, -0.1) is 0 Å². The number of aromatic nitrogens is 2. The van der Waals surface area contributed by atoms with Crippen molar-refractivity contribution in [3.63, 3.8) is 0 Å². The molecule has 5 nitrogen and oxygen atoms in total. The molecule has 0 atom stereocenters. The Balaban J connectivity index is 1.77. The van der Waals surface area contributed by atoms with E-state index in [1.807, 2.05) is 47.2 Å². The third-order valence-electron chi connectivity index (χ3n) is 3.27. The lowest BCUT2D eigenvalue weighted by atomic mass is 10.2. The first-order valence-corrected chi connectivity index (χ1v) is 6.61. The van der Waals surface area contributed by atoms with Crippen LogP contribution in [0.3, 0.4) is 0 Å². The van der Waals surface area contributed by atoms with E-state index in [1.54, 1.807) is 12.1 Å². The maximum absolute atomic E-state index is 11.5. The third kappa shape index (κ3) is 2.72. The number of hydrogen-bond acceptors (Lipinski definition) is 4. The molecule has 5 heteroatoms. The Hall–Kier alpha value is -2.82. The summed E-state index contributed by atoms with van der Waals surface area (Å²) < 4.78 is 6.55. The molecular formula is C16H15N3O2. The summed E-state index contributed by atoms with van der Waals surface area (Å²) in [7, 11) is 1.38. The lowest BCUT2D eigenvalue weighted by Crippen LogP contribution is -2.03. The van der Waals surface area contributed by atoms with E-state index >= 15 is 0 Å². The Morgan fingerprint density at radius 2 is 2.19 bits per heavy atom. The first kappa shape index (κ1) is 13.2. The minimum absolute atomic E-state index is 0.338. The maximum Gasteiger partial charge on any atom is 0.337 e. The van der Waals surface area contributed by atoms with Crippen LogP contribution in [0.25, 0.3) is 5.52 Å². The molecule has 0 aliphatic carbocycles. The van der Waals surface area contributed by atoms with Gasteiger partial charge in [0.2, 0.25) is 0 Å². The molecule has 21 heavy (non-hydrogen) atoms. The highest BCUT2D eigenvalue weighted by atomic mass is 16.5. The third-order valence-corrected chi connectivity index (χ3v) is 3.27. The van der Waals surface area contributed by atoms with E-state index in [4.69, 9.17) is 4.74 Å². The second-order valence-electron chi connectivity index (χ2n) is 4.63. The molecule has 106 valence electrons. The molecule has 1 N–H and O–H groups in total. The van der Waals surface area contributed by atoms with Crippen molar-refractivity contribution in [3.8, 4) is 0 Å². The van der Waals surface area contributed by atoms with Gasteiger partial charge in [-0.05, 0) is 30.3 Å². The van der Waals surface area contributed by atoms with Crippen LogP contribution < -0.4 is 5.32 Å². The van der Waals surface area contributed by atoms with Crippen molar-refractivity contribution in [1.82, 2.24) is 9.61 Å². The summed E-state index contributed by atoms with van der Waals surface area (Å²) >= 11 is 0. The number of benzene rings is 1. The number of nitrogens with zero attached hydrogens (tertiary/aromatic N) is 2. The first-order chi connectivity index (χ1) is 10.3. The zero-order chi connectivity index (χ0) is 14.7. The molecule has 0 radical (unpaired) electrons. The molecule has 0 aliphatic rings. The second-order valence-corrected chi connectivity index (χ2v) is 4.63. The standard InChI is InChI=1S/C16H15N3O2/c1-21-16(20)12-5-4-6-14(9-12)17-10-13-11-18-19-8-3-2-7-15(13)19/h2-9,11,17H,10H2,1H3. The van der Waals surface area contributed by atoms with Crippen LogP contribution in [0.15, 0.2) is 54.9 Å². The van der Waals surface area contributed by atoms with Gasteiger partial charge in [0.05, 0.1) is 24.4 Å². The smallest absolute Gasteiger partial charge is 0.337 e. The molecule has 0 fully saturated rings. The van der Waals surface area contributed by atoms with Crippen LogP contribution >= 0.6 is 0 Å². The van der Waals surface area contributed by atoms with Gasteiger partial charge in [-0.3, -0.25) is 0 Å². The number of pyridine rings is 1. The van der Waals surface area contributed by atoms with Gasteiger partial charge in [0.1, 0.15) is 0 Å².